The van der Waals surface area contributed by atoms with Crippen molar-refractivity contribution in [2.45, 2.75) is 43.4 Å². The molecular formula is C19H28N2O3S. The Morgan fingerprint density at radius 3 is 2.56 bits per heavy atom. The minimum absolute atomic E-state index is 0.284. The van der Waals surface area contributed by atoms with Gasteiger partial charge >= 0.3 is 0 Å². The van der Waals surface area contributed by atoms with Gasteiger partial charge in [0.1, 0.15) is 5.75 Å². The Labute approximate surface area is 150 Å². The Morgan fingerprint density at radius 1 is 1.12 bits per heavy atom. The number of sulfonamides is 1. The molecule has 138 valence electrons. The number of ether oxygens (including phenoxy) is 1. The first-order valence-electron chi connectivity index (χ1n) is 9.25. The molecule has 1 aromatic rings. The van der Waals surface area contributed by atoms with Gasteiger partial charge in [0.25, 0.3) is 0 Å². The topological polar surface area (TPSA) is 67.4 Å². The van der Waals surface area contributed by atoms with Crippen molar-refractivity contribution in [1.82, 2.24) is 10.0 Å². The largest absolute Gasteiger partial charge is 0.493 e. The molecule has 2 aliphatic rings. The lowest BCUT2D eigenvalue weighted by Crippen LogP contribution is -2.29. The Bertz CT molecular complexity index is 677. The predicted octanol–water partition coefficient (Wildman–Crippen LogP) is 2.84. The summed E-state index contributed by atoms with van der Waals surface area (Å²) in [6.45, 7) is 2.82. The normalized spacial score (nSPS) is 19.4. The molecule has 25 heavy (non-hydrogen) atoms. The molecule has 0 saturated heterocycles. The third kappa shape index (κ3) is 5.56. The van der Waals surface area contributed by atoms with Gasteiger partial charge in [0.05, 0.1) is 11.5 Å². The van der Waals surface area contributed by atoms with Crippen LogP contribution in [0.2, 0.25) is 0 Å². The smallest absolute Gasteiger partial charge is 0.240 e. The maximum absolute atomic E-state index is 12.4. The van der Waals surface area contributed by atoms with E-state index in [1.54, 1.807) is 24.3 Å². The second-order valence-electron chi connectivity index (χ2n) is 6.93. The molecule has 0 radical (unpaired) electrons. The maximum atomic E-state index is 12.4. The molecule has 0 unspecified atom stereocenters. The number of nitrogens with one attached hydrogen (secondary N) is 2. The highest BCUT2D eigenvalue weighted by atomic mass is 32.2. The van der Waals surface area contributed by atoms with Gasteiger partial charge in [0.2, 0.25) is 10.0 Å². The van der Waals surface area contributed by atoms with E-state index in [4.69, 9.17) is 4.74 Å². The van der Waals surface area contributed by atoms with E-state index in [0.717, 1.165) is 37.4 Å². The zero-order valence-electron chi connectivity index (χ0n) is 14.7. The van der Waals surface area contributed by atoms with Crippen LogP contribution in [0.15, 0.2) is 40.8 Å². The summed E-state index contributed by atoms with van der Waals surface area (Å²) in [5.74, 6) is 1.38. The molecule has 1 aliphatic carbocycles. The molecule has 1 heterocycles. The summed E-state index contributed by atoms with van der Waals surface area (Å²) < 4.78 is 33.3. The van der Waals surface area contributed by atoms with Gasteiger partial charge in [-0.1, -0.05) is 30.9 Å². The summed E-state index contributed by atoms with van der Waals surface area (Å²) >= 11 is 0. The lowest BCUT2D eigenvalue weighted by Gasteiger charge is -2.21. The highest BCUT2D eigenvalue weighted by Crippen LogP contribution is 2.25. The first-order chi connectivity index (χ1) is 12.1. The quantitative estimate of drug-likeness (QED) is 0.730. The van der Waals surface area contributed by atoms with Crippen LogP contribution in [0.3, 0.4) is 0 Å². The van der Waals surface area contributed by atoms with Crippen LogP contribution in [0, 0.1) is 5.92 Å². The molecule has 0 spiro atoms. The summed E-state index contributed by atoms with van der Waals surface area (Å²) in [5, 5.41) is 3.22. The zero-order chi connectivity index (χ0) is 17.5. The molecule has 1 aromatic carbocycles. The van der Waals surface area contributed by atoms with E-state index in [-0.39, 0.29) is 4.90 Å². The monoisotopic (exact) mass is 364 g/mol. The van der Waals surface area contributed by atoms with Crippen molar-refractivity contribution in [2.24, 2.45) is 5.92 Å². The van der Waals surface area contributed by atoms with Gasteiger partial charge in [0.15, 0.2) is 0 Å². The van der Waals surface area contributed by atoms with Crippen LogP contribution in [0.1, 0.15) is 38.5 Å². The predicted molar refractivity (Wildman–Crippen MR) is 99.3 cm³/mol. The summed E-state index contributed by atoms with van der Waals surface area (Å²) in [7, 11) is -3.48. The van der Waals surface area contributed by atoms with Gasteiger partial charge in [-0.3, -0.25) is 0 Å². The van der Waals surface area contributed by atoms with Crippen molar-refractivity contribution in [1.29, 1.82) is 0 Å². The van der Waals surface area contributed by atoms with Gasteiger partial charge in [-0.2, -0.15) is 0 Å². The van der Waals surface area contributed by atoms with Crippen LogP contribution in [-0.4, -0.2) is 34.7 Å². The van der Waals surface area contributed by atoms with E-state index in [2.05, 4.69) is 10.0 Å². The highest BCUT2D eigenvalue weighted by Gasteiger charge is 2.16. The fraction of sp³-hybridized carbons (Fsp3) is 0.579. The van der Waals surface area contributed by atoms with Crippen LogP contribution in [0.5, 0.6) is 5.75 Å². The van der Waals surface area contributed by atoms with E-state index < -0.39 is 10.0 Å². The van der Waals surface area contributed by atoms with E-state index in [9.17, 15) is 8.42 Å². The summed E-state index contributed by atoms with van der Waals surface area (Å²) in [6.07, 6.45) is 9.34. The third-order valence-electron chi connectivity index (χ3n) is 4.99. The zero-order valence-corrected chi connectivity index (χ0v) is 15.5. The molecular weight excluding hydrogens is 336 g/mol. The lowest BCUT2D eigenvalue weighted by atomic mass is 9.90. The fourth-order valence-electron chi connectivity index (χ4n) is 3.38. The maximum Gasteiger partial charge on any atom is 0.240 e. The Hall–Kier alpha value is -1.37. The second-order valence-corrected chi connectivity index (χ2v) is 8.69. The van der Waals surface area contributed by atoms with Gasteiger partial charge in [-0.15, -0.1) is 0 Å². The summed E-state index contributed by atoms with van der Waals surface area (Å²) in [4.78, 5) is 0.284. The Morgan fingerprint density at radius 2 is 1.88 bits per heavy atom. The van der Waals surface area contributed by atoms with Crippen LogP contribution < -0.4 is 14.8 Å². The molecule has 6 heteroatoms. The second kappa shape index (κ2) is 8.83. The molecule has 1 aliphatic heterocycles. The fourth-order valence-corrected chi connectivity index (χ4v) is 4.42. The lowest BCUT2D eigenvalue weighted by molar-refractivity contribution is 0.209. The van der Waals surface area contributed by atoms with E-state index in [0.29, 0.717) is 12.5 Å². The molecule has 3 rings (SSSR count). The van der Waals surface area contributed by atoms with Crippen molar-refractivity contribution < 1.29 is 13.2 Å². The van der Waals surface area contributed by atoms with Gasteiger partial charge in [-0.25, -0.2) is 13.1 Å². The van der Waals surface area contributed by atoms with E-state index in [1.807, 2.05) is 6.08 Å². The van der Waals surface area contributed by atoms with Crippen LogP contribution in [-0.2, 0) is 10.0 Å². The Balaban J connectivity index is 1.52. The average Bonchev–Trinajstić information content (AvgIpc) is 2.67. The van der Waals surface area contributed by atoms with Crippen LogP contribution in [0.25, 0.3) is 0 Å². The molecule has 0 bridgehead atoms. The van der Waals surface area contributed by atoms with Gasteiger partial charge in [0, 0.05) is 13.1 Å². The highest BCUT2D eigenvalue weighted by molar-refractivity contribution is 7.89. The molecule has 0 amide bonds. The number of hydrogen-bond acceptors (Lipinski definition) is 4. The van der Waals surface area contributed by atoms with Crippen molar-refractivity contribution in [3.8, 4) is 5.75 Å². The van der Waals surface area contributed by atoms with Crippen molar-refractivity contribution in [3.05, 3.63) is 35.9 Å². The minimum Gasteiger partial charge on any atom is -0.493 e. The molecule has 0 atom stereocenters. The van der Waals surface area contributed by atoms with Gasteiger partial charge < -0.3 is 10.1 Å². The van der Waals surface area contributed by atoms with E-state index >= 15 is 0 Å². The van der Waals surface area contributed by atoms with Crippen LogP contribution >= 0.6 is 0 Å². The minimum atomic E-state index is -3.48. The van der Waals surface area contributed by atoms with Crippen molar-refractivity contribution in [2.75, 3.05) is 26.2 Å². The summed E-state index contributed by atoms with van der Waals surface area (Å²) in [5.41, 5.74) is 1.13. The molecule has 1 saturated carbocycles. The van der Waals surface area contributed by atoms with Gasteiger partial charge in [-0.05, 0) is 56.0 Å². The van der Waals surface area contributed by atoms with E-state index in [1.165, 1.54) is 32.1 Å². The average molecular weight is 365 g/mol. The molecule has 5 nitrogen and oxygen atoms in total. The third-order valence-corrected chi connectivity index (χ3v) is 6.41. The molecule has 0 aromatic heterocycles. The number of hydrogen-bond donors (Lipinski definition) is 2. The molecule has 2 N–H and O–H groups in total. The summed E-state index contributed by atoms with van der Waals surface area (Å²) in [6, 6.07) is 6.74. The SMILES string of the molecule is O=S(=O)(NCC1=CCNCC1)c1ccc(OCC2CCCCC2)cc1. The number of benzene rings is 1. The standard InChI is InChI=1S/C19H28N2O3S/c22-25(23,21-14-16-10-12-20-13-11-16)19-8-6-18(7-9-19)24-15-17-4-2-1-3-5-17/h6-10,17,20-21H,1-5,11-15H2. The van der Waals surface area contributed by atoms with Crippen molar-refractivity contribution >= 4 is 10.0 Å². The Kier molecular flexibility index (Phi) is 6.51. The van der Waals surface area contributed by atoms with Crippen LogP contribution in [0.4, 0.5) is 0 Å². The first kappa shape index (κ1) is 18.4. The first-order valence-corrected chi connectivity index (χ1v) is 10.7. The van der Waals surface area contributed by atoms with Crippen molar-refractivity contribution in [3.63, 3.8) is 0 Å². The molecule has 1 fully saturated rings. The number of rotatable bonds is 7.